The van der Waals surface area contributed by atoms with Crippen molar-refractivity contribution >= 4 is 27.8 Å². The van der Waals surface area contributed by atoms with Crippen molar-refractivity contribution in [3.05, 3.63) is 34.1 Å². The predicted octanol–water partition coefficient (Wildman–Crippen LogP) is 2.07. The molecule has 1 amide bonds. The third-order valence-electron chi connectivity index (χ3n) is 2.04. The molecule has 0 heterocycles. The summed E-state index contributed by atoms with van der Waals surface area (Å²) in [6.45, 7) is 0.183. The minimum Gasteiger partial charge on any atom is -0.481 e. The Morgan fingerprint density at radius 1 is 1.35 bits per heavy atom. The minimum absolute atomic E-state index is 0.0751. The Labute approximate surface area is 106 Å². The molecule has 0 unspecified atom stereocenters. The van der Waals surface area contributed by atoms with Crippen LogP contribution < -0.4 is 5.32 Å². The summed E-state index contributed by atoms with van der Waals surface area (Å²) >= 11 is 3.02. The number of halogens is 2. The summed E-state index contributed by atoms with van der Waals surface area (Å²) in [5, 5.41) is 10.9. The quantitative estimate of drug-likeness (QED) is 0.875. The lowest BCUT2D eigenvalue weighted by molar-refractivity contribution is -0.138. The van der Waals surface area contributed by atoms with E-state index < -0.39 is 11.8 Å². The number of carbonyl (C=O) groups excluding carboxylic acids is 1. The maximum atomic E-state index is 13.1. The standard InChI is InChI=1S/C11H11BrFNO3/c12-8-2-1-7(5-9(8)13)6-14-10(15)3-4-11(16)17/h1-2,5H,3-4,6H2,(H,14,15)(H,16,17). The maximum absolute atomic E-state index is 13.1. The van der Waals surface area contributed by atoms with Crippen LogP contribution in [0.3, 0.4) is 0 Å². The lowest BCUT2D eigenvalue weighted by Gasteiger charge is -2.05. The van der Waals surface area contributed by atoms with Crippen LogP contribution in [-0.4, -0.2) is 17.0 Å². The van der Waals surface area contributed by atoms with Gasteiger partial charge in [-0.1, -0.05) is 6.07 Å². The molecule has 0 aliphatic carbocycles. The number of aliphatic carboxylic acids is 1. The molecule has 4 nitrogen and oxygen atoms in total. The molecule has 0 fully saturated rings. The molecule has 0 atom stereocenters. The molecule has 6 heteroatoms. The Kier molecular flexibility index (Phi) is 5.09. The van der Waals surface area contributed by atoms with Crippen molar-refractivity contribution in [1.82, 2.24) is 5.32 Å². The van der Waals surface area contributed by atoms with E-state index in [0.29, 0.717) is 10.0 Å². The zero-order chi connectivity index (χ0) is 12.8. The second-order valence-corrected chi connectivity index (χ2v) is 4.27. The number of rotatable bonds is 5. The summed E-state index contributed by atoms with van der Waals surface area (Å²) in [6, 6.07) is 4.53. The topological polar surface area (TPSA) is 66.4 Å². The first-order valence-corrected chi connectivity index (χ1v) is 5.71. The van der Waals surface area contributed by atoms with E-state index >= 15 is 0 Å². The maximum Gasteiger partial charge on any atom is 0.303 e. The van der Waals surface area contributed by atoms with E-state index in [1.54, 1.807) is 12.1 Å². The number of amides is 1. The van der Waals surface area contributed by atoms with Crippen LogP contribution in [0.1, 0.15) is 18.4 Å². The van der Waals surface area contributed by atoms with Gasteiger partial charge in [0, 0.05) is 13.0 Å². The van der Waals surface area contributed by atoms with Gasteiger partial charge in [-0.3, -0.25) is 9.59 Å². The fraction of sp³-hybridized carbons (Fsp3) is 0.273. The van der Waals surface area contributed by atoms with E-state index in [1.807, 2.05) is 0 Å². The Morgan fingerprint density at radius 3 is 2.65 bits per heavy atom. The fourth-order valence-electron chi connectivity index (χ4n) is 1.16. The van der Waals surface area contributed by atoms with Crippen molar-refractivity contribution in [1.29, 1.82) is 0 Å². The summed E-state index contributed by atoms with van der Waals surface area (Å²) in [6.07, 6.45) is -0.283. The molecule has 0 saturated heterocycles. The number of carbonyl (C=O) groups is 2. The molecule has 0 bridgehead atoms. The molecular formula is C11H11BrFNO3. The number of nitrogens with one attached hydrogen (secondary N) is 1. The monoisotopic (exact) mass is 303 g/mol. The second kappa shape index (κ2) is 6.34. The minimum atomic E-state index is -1.02. The molecule has 92 valence electrons. The largest absolute Gasteiger partial charge is 0.481 e. The number of hydrogen-bond donors (Lipinski definition) is 2. The molecule has 0 aromatic heterocycles. The molecule has 1 aromatic carbocycles. The Balaban J connectivity index is 2.42. The average molecular weight is 304 g/mol. The summed E-state index contributed by atoms with van der Waals surface area (Å²) in [4.78, 5) is 21.4. The van der Waals surface area contributed by atoms with Crippen LogP contribution in [0.15, 0.2) is 22.7 Å². The average Bonchev–Trinajstić information content (AvgIpc) is 2.28. The highest BCUT2D eigenvalue weighted by molar-refractivity contribution is 9.10. The first-order chi connectivity index (χ1) is 7.99. The molecule has 0 aliphatic heterocycles. The molecule has 0 spiro atoms. The highest BCUT2D eigenvalue weighted by Gasteiger charge is 2.06. The Bertz CT molecular complexity index is 437. The highest BCUT2D eigenvalue weighted by atomic mass is 79.9. The summed E-state index contributed by atoms with van der Waals surface area (Å²) in [7, 11) is 0. The van der Waals surface area contributed by atoms with Gasteiger partial charge in [0.15, 0.2) is 0 Å². The molecule has 2 N–H and O–H groups in total. The predicted molar refractivity (Wildman–Crippen MR) is 62.8 cm³/mol. The molecular weight excluding hydrogens is 293 g/mol. The second-order valence-electron chi connectivity index (χ2n) is 3.42. The van der Waals surface area contributed by atoms with Gasteiger partial charge in [0.1, 0.15) is 5.82 Å². The number of carboxylic acids is 1. The SMILES string of the molecule is O=C(O)CCC(=O)NCc1ccc(Br)c(F)c1. The highest BCUT2D eigenvalue weighted by Crippen LogP contribution is 2.16. The first-order valence-electron chi connectivity index (χ1n) is 4.91. The van der Waals surface area contributed by atoms with Gasteiger partial charge in [-0.15, -0.1) is 0 Å². The third kappa shape index (κ3) is 4.95. The van der Waals surface area contributed by atoms with Crippen LogP contribution in [0.5, 0.6) is 0 Å². The lowest BCUT2D eigenvalue weighted by atomic mass is 10.2. The number of benzene rings is 1. The van der Waals surface area contributed by atoms with Gasteiger partial charge < -0.3 is 10.4 Å². The van der Waals surface area contributed by atoms with E-state index in [4.69, 9.17) is 5.11 Å². The van der Waals surface area contributed by atoms with Crippen LogP contribution in [0.25, 0.3) is 0 Å². The van der Waals surface area contributed by atoms with Gasteiger partial charge in [0.25, 0.3) is 0 Å². The van der Waals surface area contributed by atoms with Gasteiger partial charge in [0.05, 0.1) is 10.9 Å². The van der Waals surface area contributed by atoms with Crippen molar-refractivity contribution < 1.29 is 19.1 Å². The zero-order valence-corrected chi connectivity index (χ0v) is 10.5. The van der Waals surface area contributed by atoms with Gasteiger partial charge in [0.2, 0.25) is 5.91 Å². The van der Waals surface area contributed by atoms with Crippen molar-refractivity contribution in [3.8, 4) is 0 Å². The molecule has 1 rings (SSSR count). The van der Waals surface area contributed by atoms with Crippen LogP contribution in [0, 0.1) is 5.82 Å². The third-order valence-corrected chi connectivity index (χ3v) is 2.68. The summed E-state index contributed by atoms with van der Waals surface area (Å²) in [5.41, 5.74) is 0.620. The van der Waals surface area contributed by atoms with Crippen LogP contribution in [0.2, 0.25) is 0 Å². The summed E-state index contributed by atoms with van der Waals surface area (Å²) in [5.74, 6) is -1.78. The fourth-order valence-corrected chi connectivity index (χ4v) is 1.41. The normalized spacial score (nSPS) is 10.0. The van der Waals surface area contributed by atoms with E-state index in [0.717, 1.165) is 0 Å². The van der Waals surface area contributed by atoms with E-state index in [2.05, 4.69) is 21.2 Å². The Morgan fingerprint density at radius 2 is 2.06 bits per heavy atom. The smallest absolute Gasteiger partial charge is 0.303 e. The first kappa shape index (κ1) is 13.6. The molecule has 17 heavy (non-hydrogen) atoms. The lowest BCUT2D eigenvalue weighted by Crippen LogP contribution is -2.23. The van der Waals surface area contributed by atoms with Gasteiger partial charge >= 0.3 is 5.97 Å². The Hall–Kier alpha value is -1.43. The molecule has 0 aliphatic rings. The van der Waals surface area contributed by atoms with Crippen LogP contribution >= 0.6 is 15.9 Å². The van der Waals surface area contributed by atoms with E-state index in [-0.39, 0.29) is 25.3 Å². The number of carboxylic acid groups (broad SMARTS) is 1. The number of hydrogen-bond acceptors (Lipinski definition) is 2. The van der Waals surface area contributed by atoms with Gasteiger partial charge in [-0.05, 0) is 33.6 Å². The van der Waals surface area contributed by atoms with Crippen molar-refractivity contribution in [2.24, 2.45) is 0 Å². The molecule has 1 aromatic rings. The summed E-state index contributed by atoms with van der Waals surface area (Å²) < 4.78 is 13.5. The van der Waals surface area contributed by atoms with E-state index in [9.17, 15) is 14.0 Å². The van der Waals surface area contributed by atoms with Gasteiger partial charge in [-0.25, -0.2) is 4.39 Å². The van der Waals surface area contributed by atoms with Gasteiger partial charge in [-0.2, -0.15) is 0 Å². The van der Waals surface area contributed by atoms with Crippen LogP contribution in [-0.2, 0) is 16.1 Å². The zero-order valence-electron chi connectivity index (χ0n) is 8.87. The van der Waals surface area contributed by atoms with Crippen LogP contribution in [0.4, 0.5) is 4.39 Å². The van der Waals surface area contributed by atoms with Crippen molar-refractivity contribution in [2.75, 3.05) is 0 Å². The molecule has 0 saturated carbocycles. The molecule has 0 radical (unpaired) electrons. The van der Waals surface area contributed by atoms with E-state index in [1.165, 1.54) is 6.07 Å². The van der Waals surface area contributed by atoms with Crippen molar-refractivity contribution in [3.63, 3.8) is 0 Å². The van der Waals surface area contributed by atoms with Crippen molar-refractivity contribution in [2.45, 2.75) is 19.4 Å².